The number of carbonyl (C=O) groups excluding carboxylic acids is 5. The van der Waals surface area contributed by atoms with Crippen LogP contribution in [0.3, 0.4) is 0 Å². The number of nitrogens with two attached hydrogens (primary N) is 2. The Morgan fingerprint density at radius 1 is 1.05 bits per heavy atom. The van der Waals surface area contributed by atoms with Crippen LogP contribution >= 0.6 is 0 Å². The molecule has 0 fully saturated rings. The zero-order valence-corrected chi connectivity index (χ0v) is 26.2. The van der Waals surface area contributed by atoms with E-state index in [4.69, 9.17) is 35.2 Å². The number of ether oxygens (including phenoxy) is 5. The van der Waals surface area contributed by atoms with Gasteiger partial charge < -0.3 is 40.5 Å². The molecule has 0 spiro atoms. The lowest BCUT2D eigenvalue weighted by molar-refractivity contribution is -0.158. The molecule has 6 atom stereocenters. The predicted molar refractivity (Wildman–Crippen MR) is 159 cm³/mol. The molecule has 2 aliphatic rings. The summed E-state index contributed by atoms with van der Waals surface area (Å²) in [6.07, 6.45) is 3.37. The molecule has 13 nitrogen and oxygen atoms in total. The van der Waals surface area contributed by atoms with Gasteiger partial charge in [0.2, 0.25) is 11.6 Å². The predicted octanol–water partition coefficient (Wildman–Crippen LogP) is 1.92. The minimum Gasteiger partial charge on any atom is -0.492 e. The second-order valence-electron chi connectivity index (χ2n) is 10.8. The fraction of sp³-hybridized carbons (Fsp3) is 0.516. The fourth-order valence-electron chi connectivity index (χ4n) is 5.15. The van der Waals surface area contributed by atoms with E-state index >= 15 is 0 Å². The van der Waals surface area contributed by atoms with Crippen LogP contribution in [-0.2, 0) is 42.9 Å². The first-order chi connectivity index (χ1) is 20.8. The third-order valence-electron chi connectivity index (χ3n) is 7.35. The molecule has 0 aromatic heterocycles. The molecule has 2 bridgehead atoms. The number of Topliss-reactive ketones (excluding diaryl/α,β-unsaturated/α-hetero) is 1. The van der Waals surface area contributed by atoms with Crippen LogP contribution in [0.4, 0.5) is 4.79 Å². The van der Waals surface area contributed by atoms with E-state index in [-0.39, 0.29) is 47.9 Å². The molecule has 1 aliphatic carbocycles. The second kappa shape index (κ2) is 16.7. The van der Waals surface area contributed by atoms with Crippen molar-refractivity contribution in [2.75, 3.05) is 27.9 Å². The maximum Gasteiger partial charge on any atom is 0.405 e. The van der Waals surface area contributed by atoms with Crippen LogP contribution in [0.15, 0.2) is 58.6 Å². The third kappa shape index (κ3) is 9.46. The number of primary amides is 1. The van der Waals surface area contributed by atoms with Gasteiger partial charge >= 0.3 is 12.1 Å². The lowest BCUT2D eigenvalue weighted by Gasteiger charge is -2.32. The number of esters is 1. The molecule has 44 heavy (non-hydrogen) atoms. The number of carbonyl (C=O) groups is 5. The van der Waals surface area contributed by atoms with E-state index in [0.717, 1.165) is 6.08 Å². The van der Waals surface area contributed by atoms with Crippen molar-refractivity contribution in [3.63, 3.8) is 0 Å². The van der Waals surface area contributed by atoms with Gasteiger partial charge in [-0.1, -0.05) is 38.2 Å². The highest BCUT2D eigenvalue weighted by Crippen LogP contribution is 2.30. The number of rotatable bonds is 6. The molecule has 1 aliphatic heterocycles. The molecule has 13 heteroatoms. The van der Waals surface area contributed by atoms with Crippen molar-refractivity contribution in [2.45, 2.75) is 65.0 Å². The Hall–Kier alpha value is -4.07. The van der Waals surface area contributed by atoms with E-state index in [9.17, 15) is 24.0 Å². The number of amides is 2. The van der Waals surface area contributed by atoms with E-state index in [1.165, 1.54) is 40.4 Å². The van der Waals surface area contributed by atoms with Crippen molar-refractivity contribution in [1.82, 2.24) is 5.32 Å². The number of nitrogens with one attached hydrogen (secondary N) is 1. The maximum atomic E-state index is 13.5. The average Bonchev–Trinajstić information content (AvgIpc) is 2.97. The second-order valence-corrected chi connectivity index (χ2v) is 10.8. The Morgan fingerprint density at radius 2 is 1.73 bits per heavy atom. The Bertz CT molecular complexity index is 1280. The summed E-state index contributed by atoms with van der Waals surface area (Å²) in [6.45, 7) is 6.51. The number of methoxy groups -OCH3 is 3. The highest BCUT2D eigenvalue weighted by molar-refractivity contribution is 6.23. The summed E-state index contributed by atoms with van der Waals surface area (Å²) in [5.74, 6) is -3.28. The molecule has 0 radical (unpaired) electrons. The Morgan fingerprint density at radius 3 is 2.30 bits per heavy atom. The lowest BCUT2D eigenvalue weighted by Crippen LogP contribution is -2.41. The van der Waals surface area contributed by atoms with Gasteiger partial charge in [0.05, 0.1) is 25.5 Å². The minimum absolute atomic E-state index is 0.100. The lowest BCUT2D eigenvalue weighted by atomic mass is 9.85. The molecule has 2 amide bonds. The number of hydrogen-bond acceptors (Lipinski definition) is 11. The molecule has 242 valence electrons. The molecule has 0 aromatic carbocycles. The summed E-state index contributed by atoms with van der Waals surface area (Å²) < 4.78 is 27.8. The van der Waals surface area contributed by atoms with E-state index in [1.807, 2.05) is 6.92 Å². The van der Waals surface area contributed by atoms with Gasteiger partial charge in [0, 0.05) is 37.4 Å². The Balaban J connectivity index is 2.71. The molecular weight excluding hydrogens is 574 g/mol. The molecule has 0 aromatic rings. The van der Waals surface area contributed by atoms with Crippen molar-refractivity contribution in [3.05, 3.63) is 58.6 Å². The van der Waals surface area contributed by atoms with Crippen LogP contribution in [0, 0.1) is 11.8 Å². The van der Waals surface area contributed by atoms with Crippen LogP contribution in [-0.4, -0.2) is 81.8 Å². The van der Waals surface area contributed by atoms with Crippen LogP contribution in [0.2, 0.25) is 0 Å². The van der Waals surface area contributed by atoms with Crippen LogP contribution in [0.1, 0.15) is 40.5 Å². The SMILES string of the molecule is COC1=C2CC(C)CC(OC)C(OC(=O)CN)[C@H](C)/C=C(/C)C(OC(N)=O)C(OC)/C=C\C=C(/C)C(=O)NC(=CC1=O)C2=O. The average molecular weight is 618 g/mol. The zero-order chi connectivity index (χ0) is 33.1. The Kier molecular flexibility index (Phi) is 13.7. The van der Waals surface area contributed by atoms with E-state index in [0.29, 0.717) is 5.57 Å². The van der Waals surface area contributed by atoms with Gasteiger partial charge in [-0.15, -0.1) is 0 Å². The number of allylic oxidation sites excluding steroid dienone is 4. The Labute approximate surface area is 257 Å². The van der Waals surface area contributed by atoms with Gasteiger partial charge in [0.1, 0.15) is 12.2 Å². The molecule has 5 N–H and O–H groups in total. The summed E-state index contributed by atoms with van der Waals surface area (Å²) in [4.78, 5) is 63.5. The standard InChI is InChI=1S/C31H43N3O10/c1-16-11-20-26(37)21(14-22(35)29(20)42-7)34-30(38)17(2)9-8-10-23(40-5)27(44-31(33)39)18(3)13-19(4)28(24(12-16)41-6)43-25(36)15-32/h8-10,13-14,16,19,23-24,27-28H,11-12,15,32H2,1-7H3,(H2,33,39)(H,34,38)/b10-8-,17-9+,18-13-/t16?,19-,23?,24?,27?,28?/m1/s1. The first-order valence-corrected chi connectivity index (χ1v) is 14.1. The minimum atomic E-state index is -1.03. The van der Waals surface area contributed by atoms with Crippen LogP contribution < -0.4 is 16.8 Å². The summed E-state index contributed by atoms with van der Waals surface area (Å²) >= 11 is 0. The number of hydrogen-bond donors (Lipinski definition) is 3. The summed E-state index contributed by atoms with van der Waals surface area (Å²) in [5.41, 5.74) is 11.6. The van der Waals surface area contributed by atoms with Crippen molar-refractivity contribution < 1.29 is 47.7 Å². The third-order valence-corrected chi connectivity index (χ3v) is 7.35. The number of ketones is 2. The van der Waals surface area contributed by atoms with Gasteiger partial charge in [-0.3, -0.25) is 19.2 Å². The smallest absolute Gasteiger partial charge is 0.405 e. The fourth-order valence-corrected chi connectivity index (χ4v) is 5.15. The summed E-state index contributed by atoms with van der Waals surface area (Å²) in [5, 5.41) is 2.52. The summed E-state index contributed by atoms with van der Waals surface area (Å²) in [7, 11) is 4.17. The van der Waals surface area contributed by atoms with Crippen molar-refractivity contribution in [1.29, 1.82) is 0 Å². The highest BCUT2D eigenvalue weighted by Gasteiger charge is 2.35. The highest BCUT2D eigenvalue weighted by atomic mass is 16.6. The number of fused-ring (bicyclic) bond motifs is 2. The summed E-state index contributed by atoms with van der Waals surface area (Å²) in [6, 6.07) is 0. The van der Waals surface area contributed by atoms with Crippen molar-refractivity contribution in [2.24, 2.45) is 23.3 Å². The van der Waals surface area contributed by atoms with Crippen molar-refractivity contribution >= 4 is 29.5 Å². The molecule has 2 rings (SSSR count). The maximum absolute atomic E-state index is 13.5. The van der Waals surface area contributed by atoms with Gasteiger partial charge in [0.15, 0.2) is 11.9 Å². The normalized spacial score (nSPS) is 30.6. The quantitative estimate of drug-likeness (QED) is 0.224. The zero-order valence-electron chi connectivity index (χ0n) is 26.2. The molecule has 5 unspecified atom stereocenters. The van der Waals surface area contributed by atoms with E-state index in [1.54, 1.807) is 26.0 Å². The monoisotopic (exact) mass is 617 g/mol. The van der Waals surface area contributed by atoms with E-state index in [2.05, 4.69) is 5.32 Å². The van der Waals surface area contributed by atoms with Gasteiger partial charge in [-0.25, -0.2) is 4.79 Å². The molecule has 0 saturated heterocycles. The molecule has 1 heterocycles. The van der Waals surface area contributed by atoms with Crippen molar-refractivity contribution in [3.8, 4) is 0 Å². The van der Waals surface area contributed by atoms with Crippen LogP contribution in [0.5, 0.6) is 0 Å². The van der Waals surface area contributed by atoms with Gasteiger partial charge in [-0.2, -0.15) is 0 Å². The van der Waals surface area contributed by atoms with Crippen LogP contribution in [0.25, 0.3) is 0 Å². The topological polar surface area (TPSA) is 196 Å². The largest absolute Gasteiger partial charge is 0.492 e. The molecular formula is C31H43N3O10. The molecule has 0 saturated carbocycles. The first-order valence-electron chi connectivity index (χ1n) is 14.1. The van der Waals surface area contributed by atoms with Gasteiger partial charge in [0.25, 0.3) is 5.91 Å². The first kappa shape index (κ1) is 36.1. The van der Waals surface area contributed by atoms with Gasteiger partial charge in [-0.05, 0) is 38.2 Å². The van der Waals surface area contributed by atoms with E-state index < -0.39 is 59.9 Å².